The number of imidazole rings is 1. The van der Waals surface area contributed by atoms with Crippen molar-refractivity contribution in [1.82, 2.24) is 29.5 Å². The van der Waals surface area contributed by atoms with Crippen molar-refractivity contribution < 1.29 is 22.8 Å². The molecule has 13 heteroatoms. The molecule has 2 aromatic heterocycles. The Morgan fingerprint density at radius 3 is 2.38 bits per heavy atom. The standard InChI is InChI=1S/C29H33ClF3N7O2/c1-38-24(22-16-40(20-3-4-20)37-25(22)29(31,32)33)15-35-26(38)27(41)36-19-2-5-21(23(30)14-19)28(42)39-12-8-18(9-13-39)17-6-10-34-11-7-17/h2,5,14-18,20,34H,3-4,6-13H2,1H3,(H,36,41). The number of nitrogens with zero attached hydrogens (tertiary/aromatic N) is 5. The van der Waals surface area contributed by atoms with E-state index in [1.54, 1.807) is 12.1 Å². The summed E-state index contributed by atoms with van der Waals surface area (Å²) in [6, 6.07) is 4.64. The zero-order chi connectivity index (χ0) is 29.6. The highest BCUT2D eigenvalue weighted by Crippen LogP contribution is 2.41. The number of anilines is 1. The summed E-state index contributed by atoms with van der Waals surface area (Å²) in [7, 11) is 1.48. The average molecular weight is 604 g/mol. The number of aromatic nitrogens is 4. The summed E-state index contributed by atoms with van der Waals surface area (Å²) in [4.78, 5) is 32.2. The summed E-state index contributed by atoms with van der Waals surface area (Å²) in [5, 5.41) is 10.1. The summed E-state index contributed by atoms with van der Waals surface area (Å²) in [6.07, 6.45) is 3.86. The minimum Gasteiger partial charge on any atom is -0.339 e. The van der Waals surface area contributed by atoms with Crippen molar-refractivity contribution in [3.05, 3.63) is 52.7 Å². The molecule has 0 bridgehead atoms. The highest BCUT2D eigenvalue weighted by atomic mass is 35.5. The van der Waals surface area contributed by atoms with Crippen molar-refractivity contribution in [3.8, 4) is 11.3 Å². The third kappa shape index (κ3) is 5.78. The molecule has 6 rings (SSSR count). The Labute approximate surface area is 246 Å². The first-order valence-electron chi connectivity index (χ1n) is 14.4. The molecule has 1 aliphatic carbocycles. The maximum absolute atomic E-state index is 13.7. The number of halogens is 4. The number of benzene rings is 1. The summed E-state index contributed by atoms with van der Waals surface area (Å²) < 4.78 is 43.8. The lowest BCUT2D eigenvalue weighted by Crippen LogP contribution is -2.42. The van der Waals surface area contributed by atoms with Crippen LogP contribution in [0.3, 0.4) is 0 Å². The Morgan fingerprint density at radius 2 is 1.74 bits per heavy atom. The SMILES string of the molecule is Cn1c(-c2cn(C3CC3)nc2C(F)(F)F)cnc1C(=O)Nc1ccc(C(=O)N2CCC(C3CCNCC3)CC2)c(Cl)c1. The number of nitrogens with one attached hydrogen (secondary N) is 2. The number of carbonyl (C=O) groups is 2. The van der Waals surface area contributed by atoms with E-state index in [1.165, 1.54) is 47.6 Å². The number of amides is 2. The average Bonchev–Trinajstić information content (AvgIpc) is 3.60. The Morgan fingerprint density at radius 1 is 1.05 bits per heavy atom. The van der Waals surface area contributed by atoms with Gasteiger partial charge in [-0.25, -0.2) is 4.98 Å². The van der Waals surface area contributed by atoms with Gasteiger partial charge in [-0.3, -0.25) is 14.3 Å². The molecule has 2 saturated heterocycles. The van der Waals surface area contributed by atoms with E-state index in [1.807, 2.05) is 4.90 Å². The van der Waals surface area contributed by atoms with Crippen LogP contribution in [0.15, 0.2) is 30.6 Å². The highest BCUT2D eigenvalue weighted by Gasteiger charge is 2.40. The molecule has 3 aromatic rings. The van der Waals surface area contributed by atoms with Gasteiger partial charge < -0.3 is 20.1 Å². The molecule has 0 atom stereocenters. The summed E-state index contributed by atoms with van der Waals surface area (Å²) in [6.45, 7) is 3.52. The lowest BCUT2D eigenvalue weighted by molar-refractivity contribution is -0.141. The first-order valence-corrected chi connectivity index (χ1v) is 14.8. The van der Waals surface area contributed by atoms with Gasteiger partial charge in [0.05, 0.1) is 34.1 Å². The second-order valence-electron chi connectivity index (χ2n) is 11.5. The van der Waals surface area contributed by atoms with Crippen molar-refractivity contribution in [2.75, 3.05) is 31.5 Å². The Hall–Kier alpha value is -3.38. The zero-order valence-corrected chi connectivity index (χ0v) is 24.0. The zero-order valence-electron chi connectivity index (χ0n) is 23.3. The quantitative estimate of drug-likeness (QED) is 0.394. The van der Waals surface area contributed by atoms with Crippen LogP contribution >= 0.6 is 11.6 Å². The number of rotatable bonds is 6. The smallest absolute Gasteiger partial charge is 0.339 e. The van der Waals surface area contributed by atoms with Crippen LogP contribution in [0.2, 0.25) is 5.02 Å². The van der Waals surface area contributed by atoms with Crippen LogP contribution in [0.25, 0.3) is 11.3 Å². The van der Waals surface area contributed by atoms with Gasteiger partial charge in [0, 0.05) is 32.0 Å². The number of piperidine rings is 2. The van der Waals surface area contributed by atoms with E-state index in [-0.39, 0.29) is 34.1 Å². The first-order chi connectivity index (χ1) is 20.1. The number of likely N-dealkylation sites (tertiary alicyclic amines) is 1. The molecule has 2 amide bonds. The van der Waals surface area contributed by atoms with Gasteiger partial charge >= 0.3 is 6.18 Å². The number of hydrogen-bond acceptors (Lipinski definition) is 5. The molecule has 224 valence electrons. The minimum atomic E-state index is -4.65. The Bertz CT molecular complexity index is 1480. The van der Waals surface area contributed by atoms with Crippen molar-refractivity contribution in [3.63, 3.8) is 0 Å². The van der Waals surface area contributed by atoms with Gasteiger partial charge in [-0.05, 0) is 81.6 Å². The normalized spacial score (nSPS) is 18.8. The number of hydrogen-bond donors (Lipinski definition) is 2. The van der Waals surface area contributed by atoms with Crippen molar-refractivity contribution in [1.29, 1.82) is 0 Å². The second kappa shape index (κ2) is 11.4. The first kappa shape index (κ1) is 28.7. The summed E-state index contributed by atoms with van der Waals surface area (Å²) >= 11 is 6.49. The molecule has 3 fully saturated rings. The molecule has 0 unspecified atom stereocenters. The summed E-state index contributed by atoms with van der Waals surface area (Å²) in [5.41, 5.74) is -0.307. The monoisotopic (exact) mass is 603 g/mol. The fourth-order valence-corrected chi connectivity index (χ4v) is 6.46. The molecule has 3 aliphatic rings. The molecule has 42 heavy (non-hydrogen) atoms. The molecular weight excluding hydrogens is 571 g/mol. The van der Waals surface area contributed by atoms with Crippen LogP contribution in [-0.2, 0) is 13.2 Å². The molecule has 4 heterocycles. The van der Waals surface area contributed by atoms with E-state index in [4.69, 9.17) is 11.6 Å². The molecule has 1 saturated carbocycles. The van der Waals surface area contributed by atoms with Gasteiger partial charge in [0.1, 0.15) is 0 Å². The Kier molecular flexibility index (Phi) is 7.77. The summed E-state index contributed by atoms with van der Waals surface area (Å²) in [5.74, 6) is 0.525. The largest absolute Gasteiger partial charge is 0.435 e. The van der Waals surface area contributed by atoms with Crippen molar-refractivity contribution >= 4 is 29.1 Å². The lowest BCUT2D eigenvalue weighted by atomic mass is 9.79. The fourth-order valence-electron chi connectivity index (χ4n) is 6.20. The topological polar surface area (TPSA) is 97.1 Å². The van der Waals surface area contributed by atoms with Crippen LogP contribution in [0.5, 0.6) is 0 Å². The predicted molar refractivity (Wildman–Crippen MR) is 151 cm³/mol. The van der Waals surface area contributed by atoms with Gasteiger partial charge in [-0.2, -0.15) is 18.3 Å². The molecule has 0 spiro atoms. The van der Waals surface area contributed by atoms with Crippen LogP contribution in [0.4, 0.5) is 18.9 Å². The van der Waals surface area contributed by atoms with E-state index in [9.17, 15) is 22.8 Å². The highest BCUT2D eigenvalue weighted by molar-refractivity contribution is 6.34. The van der Waals surface area contributed by atoms with Crippen LogP contribution in [-0.4, -0.2) is 62.2 Å². The Balaban J connectivity index is 1.12. The minimum absolute atomic E-state index is 0.0402. The van der Waals surface area contributed by atoms with Crippen LogP contribution < -0.4 is 10.6 Å². The molecule has 2 N–H and O–H groups in total. The van der Waals surface area contributed by atoms with Gasteiger partial charge in [0.15, 0.2) is 11.5 Å². The third-order valence-corrected chi connectivity index (χ3v) is 9.04. The molecule has 0 radical (unpaired) electrons. The van der Waals surface area contributed by atoms with Gasteiger partial charge in [0.2, 0.25) is 0 Å². The number of carbonyl (C=O) groups excluding carboxylic acids is 2. The van der Waals surface area contributed by atoms with Gasteiger partial charge in [-0.15, -0.1) is 0 Å². The van der Waals surface area contributed by atoms with Crippen LogP contribution in [0.1, 0.15) is 71.2 Å². The van der Waals surface area contributed by atoms with E-state index in [2.05, 4.69) is 20.7 Å². The van der Waals surface area contributed by atoms with E-state index < -0.39 is 17.8 Å². The molecular formula is C29H33ClF3N7O2. The molecule has 9 nitrogen and oxygen atoms in total. The predicted octanol–water partition coefficient (Wildman–Crippen LogP) is 5.39. The number of alkyl halides is 3. The van der Waals surface area contributed by atoms with Gasteiger partial charge in [-0.1, -0.05) is 11.6 Å². The third-order valence-electron chi connectivity index (χ3n) is 8.72. The van der Waals surface area contributed by atoms with E-state index in [0.29, 0.717) is 30.3 Å². The van der Waals surface area contributed by atoms with Crippen LogP contribution in [0, 0.1) is 11.8 Å². The van der Waals surface area contributed by atoms with E-state index >= 15 is 0 Å². The van der Waals surface area contributed by atoms with Crippen molar-refractivity contribution in [2.24, 2.45) is 18.9 Å². The lowest BCUT2D eigenvalue weighted by Gasteiger charge is -2.38. The molecule has 1 aromatic carbocycles. The van der Waals surface area contributed by atoms with Gasteiger partial charge in [0.25, 0.3) is 11.8 Å². The fraction of sp³-hybridized carbons (Fsp3) is 0.517. The second-order valence-corrected chi connectivity index (χ2v) is 11.9. The maximum atomic E-state index is 13.7. The van der Waals surface area contributed by atoms with E-state index in [0.717, 1.165) is 44.7 Å². The molecule has 2 aliphatic heterocycles. The van der Waals surface area contributed by atoms with Crippen molar-refractivity contribution in [2.45, 2.75) is 50.7 Å². The maximum Gasteiger partial charge on any atom is 0.435 e.